The molecular weight excluding hydrogens is 268 g/mol. The van der Waals surface area contributed by atoms with Crippen LogP contribution in [0.15, 0.2) is 41.2 Å². The summed E-state index contributed by atoms with van der Waals surface area (Å²) in [6, 6.07) is 11.0. The molecular formula is C15H16N4O2. The van der Waals surface area contributed by atoms with Crippen molar-refractivity contribution in [3.63, 3.8) is 0 Å². The summed E-state index contributed by atoms with van der Waals surface area (Å²) in [5.41, 5.74) is 1.67. The van der Waals surface area contributed by atoms with Gasteiger partial charge in [0.1, 0.15) is 5.69 Å². The Morgan fingerprint density at radius 3 is 2.86 bits per heavy atom. The summed E-state index contributed by atoms with van der Waals surface area (Å²) in [7, 11) is 0. The van der Waals surface area contributed by atoms with E-state index in [0.717, 1.165) is 12.1 Å². The van der Waals surface area contributed by atoms with E-state index >= 15 is 0 Å². The van der Waals surface area contributed by atoms with Gasteiger partial charge in [-0.05, 0) is 36.6 Å². The fourth-order valence-electron chi connectivity index (χ4n) is 1.97. The number of anilines is 1. The number of aromatic nitrogens is 2. The third kappa shape index (κ3) is 3.76. The molecule has 0 spiro atoms. The molecule has 2 aromatic rings. The fraction of sp³-hybridized carbons (Fsp3) is 0.267. The standard InChI is InChI=1S/C15H16N4O2/c20-14-7-6-13(18-19-14)15(21)17-12-3-1-2-10(8-12)9-16-11-4-5-11/h1-3,6-8,11,16H,4-5,9H2,(H,17,21)(H,19,20). The summed E-state index contributed by atoms with van der Waals surface area (Å²) >= 11 is 0. The highest BCUT2D eigenvalue weighted by molar-refractivity contribution is 6.02. The van der Waals surface area contributed by atoms with Crippen LogP contribution in [-0.4, -0.2) is 22.1 Å². The van der Waals surface area contributed by atoms with Gasteiger partial charge in [0.2, 0.25) is 0 Å². The number of benzene rings is 1. The number of nitrogens with zero attached hydrogens (tertiary/aromatic N) is 1. The summed E-state index contributed by atoms with van der Waals surface area (Å²) in [6.45, 7) is 0.797. The zero-order valence-electron chi connectivity index (χ0n) is 11.4. The van der Waals surface area contributed by atoms with Crippen LogP contribution < -0.4 is 16.2 Å². The Bertz CT molecular complexity index is 686. The zero-order valence-corrected chi connectivity index (χ0v) is 11.4. The van der Waals surface area contributed by atoms with Crippen LogP contribution in [0.3, 0.4) is 0 Å². The first-order chi connectivity index (χ1) is 10.2. The number of carbonyl (C=O) groups is 1. The van der Waals surface area contributed by atoms with Crippen LogP contribution >= 0.6 is 0 Å². The van der Waals surface area contributed by atoms with Crippen LogP contribution in [0.1, 0.15) is 28.9 Å². The van der Waals surface area contributed by atoms with E-state index in [2.05, 4.69) is 20.8 Å². The Balaban J connectivity index is 1.65. The SMILES string of the molecule is O=C(Nc1cccc(CNC2CC2)c1)c1ccc(=O)[nH]n1. The van der Waals surface area contributed by atoms with Crippen molar-refractivity contribution in [2.75, 3.05) is 5.32 Å². The van der Waals surface area contributed by atoms with E-state index in [-0.39, 0.29) is 17.2 Å². The van der Waals surface area contributed by atoms with Gasteiger partial charge in [-0.15, -0.1) is 0 Å². The molecule has 1 amide bonds. The number of H-pyrrole nitrogens is 1. The van der Waals surface area contributed by atoms with E-state index in [1.807, 2.05) is 24.3 Å². The van der Waals surface area contributed by atoms with Crippen molar-refractivity contribution in [1.82, 2.24) is 15.5 Å². The third-order valence-corrected chi connectivity index (χ3v) is 3.27. The summed E-state index contributed by atoms with van der Waals surface area (Å²) in [5.74, 6) is -0.349. The van der Waals surface area contributed by atoms with Crippen LogP contribution in [0.5, 0.6) is 0 Å². The Kier molecular flexibility index (Phi) is 3.79. The van der Waals surface area contributed by atoms with Crippen molar-refractivity contribution in [2.45, 2.75) is 25.4 Å². The van der Waals surface area contributed by atoms with E-state index in [9.17, 15) is 9.59 Å². The minimum atomic E-state index is -0.349. The van der Waals surface area contributed by atoms with Gasteiger partial charge in [0.05, 0.1) is 0 Å². The molecule has 1 aliphatic carbocycles. The predicted octanol–water partition coefficient (Wildman–Crippen LogP) is 1.27. The topological polar surface area (TPSA) is 86.9 Å². The van der Waals surface area contributed by atoms with Gasteiger partial charge in [-0.3, -0.25) is 9.59 Å². The maximum Gasteiger partial charge on any atom is 0.276 e. The molecule has 0 saturated heterocycles. The molecule has 108 valence electrons. The molecule has 0 unspecified atom stereocenters. The van der Waals surface area contributed by atoms with Crippen molar-refractivity contribution >= 4 is 11.6 Å². The van der Waals surface area contributed by atoms with Gasteiger partial charge in [-0.25, -0.2) is 5.10 Å². The molecule has 0 aliphatic heterocycles. The van der Waals surface area contributed by atoms with Crippen molar-refractivity contribution in [3.05, 3.63) is 58.0 Å². The molecule has 0 radical (unpaired) electrons. The van der Waals surface area contributed by atoms with Crippen molar-refractivity contribution in [1.29, 1.82) is 0 Å². The smallest absolute Gasteiger partial charge is 0.276 e. The molecule has 0 atom stereocenters. The molecule has 3 N–H and O–H groups in total. The molecule has 1 saturated carbocycles. The quantitative estimate of drug-likeness (QED) is 0.771. The first kappa shape index (κ1) is 13.5. The molecule has 1 heterocycles. The lowest BCUT2D eigenvalue weighted by Crippen LogP contribution is -2.18. The first-order valence-electron chi connectivity index (χ1n) is 6.90. The first-order valence-corrected chi connectivity index (χ1v) is 6.90. The summed E-state index contributed by atoms with van der Waals surface area (Å²) in [5, 5.41) is 12.1. The average molecular weight is 284 g/mol. The minimum absolute atomic E-state index is 0.177. The van der Waals surface area contributed by atoms with Gasteiger partial charge in [0.25, 0.3) is 11.5 Å². The largest absolute Gasteiger partial charge is 0.321 e. The zero-order chi connectivity index (χ0) is 14.7. The second kappa shape index (κ2) is 5.88. The van der Waals surface area contributed by atoms with Crippen LogP contribution in [0, 0.1) is 0 Å². The highest BCUT2D eigenvalue weighted by Crippen LogP contribution is 2.20. The summed E-state index contributed by atoms with van der Waals surface area (Å²) in [6.07, 6.45) is 2.49. The van der Waals surface area contributed by atoms with Crippen molar-refractivity contribution in [3.8, 4) is 0 Å². The fourth-order valence-corrected chi connectivity index (χ4v) is 1.97. The Labute approximate surface area is 121 Å². The number of hydrogen-bond donors (Lipinski definition) is 3. The van der Waals surface area contributed by atoms with E-state index < -0.39 is 0 Å². The second-order valence-corrected chi connectivity index (χ2v) is 5.12. The maximum atomic E-state index is 12.0. The molecule has 0 bridgehead atoms. The van der Waals surface area contributed by atoms with Crippen molar-refractivity contribution in [2.24, 2.45) is 0 Å². The Hall–Kier alpha value is -2.47. The lowest BCUT2D eigenvalue weighted by molar-refractivity contribution is 0.102. The Morgan fingerprint density at radius 1 is 1.29 bits per heavy atom. The highest BCUT2D eigenvalue weighted by atomic mass is 16.2. The highest BCUT2D eigenvalue weighted by Gasteiger charge is 2.19. The van der Waals surface area contributed by atoms with E-state index in [4.69, 9.17) is 0 Å². The number of aromatic amines is 1. The molecule has 6 heteroatoms. The van der Waals surface area contributed by atoms with E-state index in [0.29, 0.717) is 11.7 Å². The lowest BCUT2D eigenvalue weighted by atomic mass is 10.2. The van der Waals surface area contributed by atoms with Gasteiger partial charge in [0, 0.05) is 24.3 Å². The molecule has 6 nitrogen and oxygen atoms in total. The molecule has 1 aliphatic rings. The van der Waals surface area contributed by atoms with Gasteiger partial charge in [0.15, 0.2) is 0 Å². The number of amides is 1. The van der Waals surface area contributed by atoms with Gasteiger partial charge in [-0.2, -0.15) is 5.10 Å². The maximum absolute atomic E-state index is 12.0. The Morgan fingerprint density at radius 2 is 2.14 bits per heavy atom. The van der Waals surface area contributed by atoms with Crippen LogP contribution in [0.2, 0.25) is 0 Å². The lowest BCUT2D eigenvalue weighted by Gasteiger charge is -2.07. The summed E-state index contributed by atoms with van der Waals surface area (Å²) < 4.78 is 0. The van der Waals surface area contributed by atoms with Crippen LogP contribution in [0.25, 0.3) is 0 Å². The average Bonchev–Trinajstić information content (AvgIpc) is 3.30. The van der Waals surface area contributed by atoms with Crippen molar-refractivity contribution < 1.29 is 4.79 Å². The minimum Gasteiger partial charge on any atom is -0.321 e. The number of nitrogens with one attached hydrogen (secondary N) is 3. The van der Waals surface area contributed by atoms with Crippen LogP contribution in [-0.2, 0) is 6.54 Å². The van der Waals surface area contributed by atoms with Gasteiger partial charge < -0.3 is 10.6 Å². The number of rotatable bonds is 5. The number of carbonyl (C=O) groups excluding carboxylic acids is 1. The van der Waals surface area contributed by atoms with Crippen LogP contribution in [0.4, 0.5) is 5.69 Å². The van der Waals surface area contributed by atoms with Gasteiger partial charge >= 0.3 is 0 Å². The summed E-state index contributed by atoms with van der Waals surface area (Å²) in [4.78, 5) is 22.9. The normalized spacial score (nSPS) is 13.9. The van der Waals surface area contributed by atoms with Gasteiger partial charge in [-0.1, -0.05) is 12.1 Å². The second-order valence-electron chi connectivity index (χ2n) is 5.12. The molecule has 1 aromatic carbocycles. The van der Waals surface area contributed by atoms with E-state index in [1.165, 1.54) is 25.0 Å². The third-order valence-electron chi connectivity index (χ3n) is 3.27. The molecule has 21 heavy (non-hydrogen) atoms. The number of hydrogen-bond acceptors (Lipinski definition) is 4. The molecule has 1 aromatic heterocycles. The predicted molar refractivity (Wildman–Crippen MR) is 79.1 cm³/mol. The monoisotopic (exact) mass is 284 g/mol. The molecule has 1 fully saturated rings. The molecule has 3 rings (SSSR count). The van der Waals surface area contributed by atoms with E-state index in [1.54, 1.807) is 0 Å².